The van der Waals surface area contributed by atoms with E-state index in [4.69, 9.17) is 0 Å². The van der Waals surface area contributed by atoms with E-state index in [0.717, 1.165) is 12.1 Å². The van der Waals surface area contributed by atoms with Crippen LogP contribution in [0.4, 0.5) is 0 Å². The second kappa shape index (κ2) is 4.87. The molecule has 0 atom stereocenters. The van der Waals surface area contributed by atoms with Crippen LogP contribution in [0.5, 0.6) is 0 Å². The Labute approximate surface area is 128 Å². The van der Waals surface area contributed by atoms with E-state index in [1.807, 2.05) is 10.9 Å². The van der Waals surface area contributed by atoms with E-state index in [0.29, 0.717) is 10.8 Å². The van der Waals surface area contributed by atoms with Crippen molar-refractivity contribution in [2.75, 3.05) is 0 Å². The number of aliphatic hydroxyl groups is 1. The molecule has 0 aromatic carbocycles. The van der Waals surface area contributed by atoms with E-state index in [1.54, 1.807) is 0 Å². The van der Waals surface area contributed by atoms with Crippen LogP contribution < -0.4 is 0 Å². The van der Waals surface area contributed by atoms with Crippen LogP contribution in [0.3, 0.4) is 0 Å². The first-order chi connectivity index (χ1) is 9.83. The van der Waals surface area contributed by atoms with Crippen molar-refractivity contribution in [3.8, 4) is 0 Å². The van der Waals surface area contributed by atoms with Crippen LogP contribution >= 0.6 is 0 Å². The van der Waals surface area contributed by atoms with Gasteiger partial charge in [-0.1, -0.05) is 38.1 Å². The van der Waals surface area contributed by atoms with Gasteiger partial charge in [0, 0.05) is 11.9 Å². The van der Waals surface area contributed by atoms with E-state index in [-0.39, 0.29) is 0 Å². The summed E-state index contributed by atoms with van der Waals surface area (Å²) in [6.45, 7) is 8.92. The highest BCUT2D eigenvalue weighted by Crippen LogP contribution is 2.41. The van der Waals surface area contributed by atoms with Gasteiger partial charge >= 0.3 is 0 Å². The van der Waals surface area contributed by atoms with Crippen molar-refractivity contribution < 1.29 is 5.11 Å². The third-order valence-electron chi connectivity index (χ3n) is 5.54. The van der Waals surface area contributed by atoms with E-state index in [9.17, 15) is 5.11 Å². The number of aliphatic hydroxyl groups excluding tert-OH is 1. The van der Waals surface area contributed by atoms with Gasteiger partial charge in [0.1, 0.15) is 5.38 Å². The molecule has 1 aromatic heterocycles. The Morgan fingerprint density at radius 1 is 1.33 bits per heavy atom. The molecule has 1 fully saturated rings. The molecule has 0 saturated heterocycles. The molecule has 1 aliphatic carbocycles. The van der Waals surface area contributed by atoms with Crippen LogP contribution in [0.1, 0.15) is 45.2 Å². The molecule has 0 amide bonds. The van der Waals surface area contributed by atoms with Crippen LogP contribution in [0.2, 0.25) is 13.1 Å². The summed E-state index contributed by atoms with van der Waals surface area (Å²) < 4.78 is 1.98. The van der Waals surface area contributed by atoms with Crippen LogP contribution in [0, 0.1) is 5.41 Å². The first-order valence-electron chi connectivity index (χ1n) is 7.99. The monoisotopic (exact) mass is 302 g/mol. The maximum Gasteiger partial charge on any atom is 0.154 e. The number of hydrogen-bond acceptors (Lipinski definition) is 2. The first kappa shape index (κ1) is 14.6. The van der Waals surface area contributed by atoms with E-state index < -0.39 is 8.07 Å². The van der Waals surface area contributed by atoms with E-state index in [1.165, 1.54) is 36.6 Å². The average molecular weight is 302 g/mol. The summed E-state index contributed by atoms with van der Waals surface area (Å²) >= 11 is 0. The van der Waals surface area contributed by atoms with Gasteiger partial charge in [-0.05, 0) is 43.7 Å². The van der Waals surface area contributed by atoms with Crippen molar-refractivity contribution in [1.29, 1.82) is 0 Å². The maximum atomic E-state index is 10.6. The summed E-state index contributed by atoms with van der Waals surface area (Å²) in [5.41, 5.74) is 2.54. The quantitative estimate of drug-likeness (QED) is 0.836. The molecular formula is C17H26N2OSi. The molecule has 0 unspecified atom stereocenters. The molecule has 2 aliphatic rings. The number of hydrogen-bond donors (Lipinski definition) is 1. The van der Waals surface area contributed by atoms with Gasteiger partial charge in [0.05, 0.1) is 5.70 Å². The predicted molar refractivity (Wildman–Crippen MR) is 89.6 cm³/mol. The van der Waals surface area contributed by atoms with Gasteiger partial charge in [0.25, 0.3) is 0 Å². The van der Waals surface area contributed by atoms with Crippen LogP contribution in [-0.4, -0.2) is 23.0 Å². The third kappa shape index (κ3) is 2.39. The highest BCUT2D eigenvalue weighted by molar-refractivity contribution is 6.91. The lowest BCUT2D eigenvalue weighted by atomic mass is 9.84. The molecule has 4 heteroatoms. The Morgan fingerprint density at radius 3 is 2.57 bits per heavy atom. The molecule has 1 N–H and O–H groups in total. The van der Waals surface area contributed by atoms with Gasteiger partial charge in [-0.3, -0.25) is 0 Å². The Bertz CT molecular complexity index is 618. The Balaban J connectivity index is 1.95. The lowest BCUT2D eigenvalue weighted by molar-refractivity contribution is 0.328. The van der Waals surface area contributed by atoms with Crippen molar-refractivity contribution in [3.63, 3.8) is 0 Å². The van der Waals surface area contributed by atoms with Gasteiger partial charge in [0.15, 0.2) is 8.07 Å². The number of aromatic nitrogens is 2. The summed E-state index contributed by atoms with van der Waals surface area (Å²) in [6.07, 6.45) is 10.4. The van der Waals surface area contributed by atoms with E-state index in [2.05, 4.69) is 44.2 Å². The second-order valence-electron chi connectivity index (χ2n) is 7.62. The van der Waals surface area contributed by atoms with Gasteiger partial charge < -0.3 is 5.11 Å². The molecule has 3 nitrogen and oxygen atoms in total. The smallest absolute Gasteiger partial charge is 0.154 e. The molecule has 2 heterocycles. The molecule has 3 rings (SSSR count). The standard InChI is InChI=1S/C17H26N2OSi/c1-13-11-15(16(20)21(13,3)4)19-14(7-10-18-19)12-17(2)8-5-6-9-17/h7,10-11,20H,5-6,8-9,12H2,1-4H3. The number of nitrogens with zero attached hydrogens (tertiary/aromatic N) is 2. The Kier molecular flexibility index (Phi) is 3.39. The predicted octanol–water partition coefficient (Wildman–Crippen LogP) is 4.48. The Hall–Kier alpha value is -1.29. The molecule has 0 radical (unpaired) electrons. The fourth-order valence-corrected chi connectivity index (χ4v) is 5.34. The molecular weight excluding hydrogens is 276 g/mol. The van der Waals surface area contributed by atoms with Gasteiger partial charge in [-0.25, -0.2) is 4.68 Å². The van der Waals surface area contributed by atoms with E-state index >= 15 is 0 Å². The molecule has 114 valence electrons. The number of rotatable bonds is 3. The fraction of sp³-hybridized carbons (Fsp3) is 0.588. The average Bonchev–Trinajstić information content (AvgIpc) is 3.08. The van der Waals surface area contributed by atoms with Crippen LogP contribution in [-0.2, 0) is 6.42 Å². The van der Waals surface area contributed by atoms with Gasteiger partial charge in [0.2, 0.25) is 0 Å². The molecule has 0 bridgehead atoms. The maximum absolute atomic E-state index is 10.6. The molecule has 1 saturated carbocycles. The summed E-state index contributed by atoms with van der Waals surface area (Å²) in [5.74, 6) is 0. The highest BCUT2D eigenvalue weighted by Gasteiger charge is 2.37. The lowest BCUT2D eigenvalue weighted by Gasteiger charge is -2.24. The van der Waals surface area contributed by atoms with Crippen molar-refractivity contribution >= 4 is 13.8 Å². The molecule has 21 heavy (non-hydrogen) atoms. The highest BCUT2D eigenvalue weighted by atomic mass is 28.3. The van der Waals surface area contributed by atoms with Gasteiger partial charge in [-0.15, -0.1) is 0 Å². The third-order valence-corrected chi connectivity index (χ3v) is 9.10. The lowest BCUT2D eigenvalue weighted by Crippen LogP contribution is -2.29. The minimum atomic E-state index is -1.82. The second-order valence-corrected chi connectivity index (χ2v) is 12.1. The summed E-state index contributed by atoms with van der Waals surface area (Å²) in [7, 11) is -1.82. The molecule has 1 aromatic rings. The zero-order valence-corrected chi connectivity index (χ0v) is 14.6. The summed E-state index contributed by atoms with van der Waals surface area (Å²) in [6, 6.07) is 2.11. The Morgan fingerprint density at radius 2 is 2.00 bits per heavy atom. The molecule has 1 aliphatic heterocycles. The zero-order valence-electron chi connectivity index (χ0n) is 13.6. The fourth-order valence-electron chi connectivity index (χ4n) is 3.65. The van der Waals surface area contributed by atoms with Crippen molar-refractivity contribution in [2.45, 2.75) is 59.0 Å². The zero-order chi connectivity index (χ0) is 15.3. The minimum Gasteiger partial charge on any atom is -0.515 e. The summed E-state index contributed by atoms with van der Waals surface area (Å²) in [4.78, 5) is 0. The number of allylic oxidation sites excluding steroid dienone is 3. The normalized spacial score (nSPS) is 23.7. The largest absolute Gasteiger partial charge is 0.515 e. The first-order valence-corrected chi connectivity index (χ1v) is 11.0. The van der Waals surface area contributed by atoms with Gasteiger partial charge in [-0.2, -0.15) is 5.10 Å². The van der Waals surface area contributed by atoms with Crippen LogP contribution in [0.25, 0.3) is 5.70 Å². The molecule has 0 spiro atoms. The SMILES string of the molecule is CC1=CC(n2nccc2CC2(C)CCCC2)=C(O)[Si]1(C)C. The van der Waals surface area contributed by atoms with Crippen molar-refractivity contribution in [1.82, 2.24) is 9.78 Å². The van der Waals surface area contributed by atoms with Crippen molar-refractivity contribution in [3.05, 3.63) is 34.6 Å². The van der Waals surface area contributed by atoms with Crippen LogP contribution in [0.15, 0.2) is 28.9 Å². The summed E-state index contributed by atoms with van der Waals surface area (Å²) in [5, 5.41) is 17.0. The minimum absolute atomic E-state index is 0.401. The topological polar surface area (TPSA) is 38.0 Å². The van der Waals surface area contributed by atoms with Crippen molar-refractivity contribution in [2.24, 2.45) is 5.41 Å².